The van der Waals surface area contributed by atoms with Crippen LogP contribution in [0.15, 0.2) is 4.99 Å². The average Bonchev–Trinajstić information content (AvgIpc) is 2.57. The van der Waals surface area contributed by atoms with Crippen molar-refractivity contribution >= 4 is 17.7 Å². The predicted octanol–water partition coefficient (Wildman–Crippen LogP) is 2.66. The highest BCUT2D eigenvalue weighted by Crippen LogP contribution is 2.43. The zero-order valence-electron chi connectivity index (χ0n) is 15.7. The van der Waals surface area contributed by atoms with Crippen LogP contribution in [-0.4, -0.2) is 63.5 Å². The van der Waals surface area contributed by atoms with Crippen molar-refractivity contribution < 1.29 is 9.47 Å². The molecule has 0 aromatic carbocycles. The smallest absolute Gasteiger partial charge is 0.191 e. The molecule has 0 aromatic rings. The molecule has 0 radical (unpaired) electrons. The van der Waals surface area contributed by atoms with Gasteiger partial charge in [-0.3, -0.25) is 4.99 Å². The van der Waals surface area contributed by atoms with Crippen LogP contribution in [0.1, 0.15) is 45.4 Å². The Kier molecular flexibility index (Phi) is 8.17. The Balaban J connectivity index is 1.81. The highest BCUT2D eigenvalue weighted by atomic mass is 32.2. The molecule has 0 atom stereocenters. The maximum atomic E-state index is 5.56. The second-order valence-corrected chi connectivity index (χ2v) is 8.84. The van der Waals surface area contributed by atoms with Crippen LogP contribution >= 0.6 is 11.8 Å². The number of rotatable bonds is 9. The van der Waals surface area contributed by atoms with E-state index in [9.17, 15) is 0 Å². The third-order valence-corrected chi connectivity index (χ3v) is 6.99. The molecule has 1 aliphatic carbocycles. The van der Waals surface area contributed by atoms with E-state index in [1.807, 2.05) is 7.05 Å². The Morgan fingerprint density at radius 3 is 2.42 bits per heavy atom. The lowest BCUT2D eigenvalue weighted by atomic mass is 9.67. The Bertz CT molecular complexity index is 388. The molecular weight excluding hydrogens is 322 g/mol. The van der Waals surface area contributed by atoms with Crippen molar-refractivity contribution in [1.29, 1.82) is 0 Å². The lowest BCUT2D eigenvalue weighted by Gasteiger charge is -2.42. The molecule has 0 aromatic heterocycles. The van der Waals surface area contributed by atoms with E-state index < -0.39 is 0 Å². The molecule has 0 bridgehead atoms. The summed E-state index contributed by atoms with van der Waals surface area (Å²) in [6.45, 7) is 6.80. The highest BCUT2D eigenvalue weighted by molar-refractivity contribution is 8.00. The molecule has 140 valence electrons. The number of nitrogens with zero attached hydrogens (tertiary/aromatic N) is 1. The first kappa shape index (κ1) is 19.9. The van der Waals surface area contributed by atoms with Crippen molar-refractivity contribution in [2.75, 3.05) is 52.8 Å². The zero-order valence-corrected chi connectivity index (χ0v) is 16.5. The van der Waals surface area contributed by atoms with Gasteiger partial charge in [-0.1, -0.05) is 13.3 Å². The van der Waals surface area contributed by atoms with Crippen molar-refractivity contribution in [1.82, 2.24) is 10.6 Å². The topological polar surface area (TPSA) is 54.9 Å². The number of nitrogens with one attached hydrogen (secondary N) is 2. The molecule has 1 saturated carbocycles. The molecule has 1 saturated heterocycles. The lowest BCUT2D eigenvalue weighted by Crippen LogP contribution is -2.51. The van der Waals surface area contributed by atoms with Crippen LogP contribution in [0.25, 0.3) is 0 Å². The summed E-state index contributed by atoms with van der Waals surface area (Å²) in [5, 5.41) is 7.14. The van der Waals surface area contributed by atoms with Gasteiger partial charge in [0, 0.05) is 51.8 Å². The maximum absolute atomic E-state index is 5.56. The van der Waals surface area contributed by atoms with E-state index in [-0.39, 0.29) is 4.75 Å². The molecule has 6 heteroatoms. The van der Waals surface area contributed by atoms with E-state index in [4.69, 9.17) is 9.47 Å². The van der Waals surface area contributed by atoms with E-state index in [0.29, 0.717) is 5.41 Å². The predicted molar refractivity (Wildman–Crippen MR) is 103 cm³/mol. The van der Waals surface area contributed by atoms with Crippen LogP contribution < -0.4 is 10.6 Å². The van der Waals surface area contributed by atoms with Crippen molar-refractivity contribution in [2.24, 2.45) is 10.4 Å². The van der Waals surface area contributed by atoms with Crippen LogP contribution in [0.3, 0.4) is 0 Å². The van der Waals surface area contributed by atoms with Gasteiger partial charge in [-0.15, -0.1) is 0 Å². The third kappa shape index (κ3) is 5.53. The van der Waals surface area contributed by atoms with Crippen LogP contribution in [0, 0.1) is 5.41 Å². The second kappa shape index (κ2) is 9.88. The first-order valence-corrected chi connectivity index (χ1v) is 10.3. The third-order valence-electron chi connectivity index (χ3n) is 5.54. The van der Waals surface area contributed by atoms with Gasteiger partial charge in [-0.25, -0.2) is 0 Å². The zero-order chi connectivity index (χ0) is 17.3. The Morgan fingerprint density at radius 2 is 1.88 bits per heavy atom. The highest BCUT2D eigenvalue weighted by Gasteiger charge is 2.37. The first-order valence-electron chi connectivity index (χ1n) is 9.33. The van der Waals surface area contributed by atoms with Gasteiger partial charge in [-0.2, -0.15) is 11.8 Å². The van der Waals surface area contributed by atoms with Gasteiger partial charge in [0.15, 0.2) is 5.96 Å². The van der Waals surface area contributed by atoms with Gasteiger partial charge in [0.05, 0.1) is 0 Å². The molecule has 2 rings (SSSR count). The number of methoxy groups -OCH3 is 1. The van der Waals surface area contributed by atoms with Crippen LogP contribution in [0.2, 0.25) is 0 Å². The molecule has 2 N–H and O–H groups in total. The quantitative estimate of drug-likeness (QED) is 0.491. The molecule has 0 spiro atoms. The van der Waals surface area contributed by atoms with E-state index >= 15 is 0 Å². The fourth-order valence-corrected chi connectivity index (χ4v) is 4.91. The van der Waals surface area contributed by atoms with Crippen molar-refractivity contribution in [3.63, 3.8) is 0 Å². The molecule has 5 nitrogen and oxygen atoms in total. The normalized spacial score (nSPS) is 22.7. The summed E-state index contributed by atoms with van der Waals surface area (Å²) < 4.78 is 11.1. The largest absolute Gasteiger partial charge is 0.385 e. The van der Waals surface area contributed by atoms with E-state index in [1.165, 1.54) is 19.3 Å². The number of hydrogen-bond acceptors (Lipinski definition) is 4. The van der Waals surface area contributed by atoms with E-state index in [2.05, 4.69) is 34.3 Å². The molecule has 1 aliphatic heterocycles. The van der Waals surface area contributed by atoms with Crippen LogP contribution in [0.4, 0.5) is 0 Å². The number of ether oxygens (including phenoxy) is 2. The molecule has 24 heavy (non-hydrogen) atoms. The summed E-state index contributed by atoms with van der Waals surface area (Å²) in [7, 11) is 3.65. The lowest BCUT2D eigenvalue weighted by molar-refractivity contribution is 0.0728. The van der Waals surface area contributed by atoms with Crippen LogP contribution in [-0.2, 0) is 9.47 Å². The summed E-state index contributed by atoms with van der Waals surface area (Å²) >= 11 is 2.06. The molecule has 0 unspecified atom stereocenters. The minimum atomic E-state index is 0.287. The van der Waals surface area contributed by atoms with Crippen molar-refractivity contribution in [3.05, 3.63) is 0 Å². The number of thioether (sulfide) groups is 1. The fourth-order valence-electron chi connectivity index (χ4n) is 3.67. The molecule has 1 heterocycles. The van der Waals surface area contributed by atoms with E-state index in [1.54, 1.807) is 7.11 Å². The first-order chi connectivity index (χ1) is 11.7. The fraction of sp³-hybridized carbons (Fsp3) is 0.944. The summed E-state index contributed by atoms with van der Waals surface area (Å²) in [6.07, 6.45) is 7.31. The van der Waals surface area contributed by atoms with Gasteiger partial charge in [0.25, 0.3) is 0 Å². The number of guanidine groups is 1. The summed E-state index contributed by atoms with van der Waals surface area (Å²) in [6, 6.07) is 0. The Morgan fingerprint density at radius 1 is 1.17 bits per heavy atom. The molecule has 2 aliphatic rings. The molecular formula is C18H35N3O2S. The SMILES string of the molecule is CCSC1(CNC(=NC)NCC2(CCOC)CCC2)CCOCC1. The van der Waals surface area contributed by atoms with E-state index in [0.717, 1.165) is 63.9 Å². The second-order valence-electron chi connectivity index (χ2n) is 7.10. The summed E-state index contributed by atoms with van der Waals surface area (Å²) in [4.78, 5) is 4.43. The number of aliphatic imine (C=N–C) groups is 1. The van der Waals surface area contributed by atoms with Gasteiger partial charge < -0.3 is 20.1 Å². The average molecular weight is 358 g/mol. The van der Waals surface area contributed by atoms with Crippen molar-refractivity contribution in [3.8, 4) is 0 Å². The summed E-state index contributed by atoms with van der Waals surface area (Å²) in [5.41, 5.74) is 0.405. The summed E-state index contributed by atoms with van der Waals surface area (Å²) in [5.74, 6) is 2.08. The van der Waals surface area contributed by atoms with Crippen molar-refractivity contribution in [2.45, 2.75) is 50.2 Å². The standard InChI is InChI=1S/C18H35N3O2S/c1-4-24-18(9-12-23-13-10-18)15-21-16(19-2)20-14-17(6-5-7-17)8-11-22-3/h4-15H2,1-3H3,(H2,19,20,21). The van der Waals surface area contributed by atoms with Gasteiger partial charge in [-0.05, 0) is 43.3 Å². The van der Waals surface area contributed by atoms with Gasteiger partial charge >= 0.3 is 0 Å². The minimum Gasteiger partial charge on any atom is -0.385 e. The number of hydrogen-bond donors (Lipinski definition) is 2. The van der Waals surface area contributed by atoms with Gasteiger partial charge in [0.1, 0.15) is 0 Å². The maximum Gasteiger partial charge on any atom is 0.191 e. The van der Waals surface area contributed by atoms with Crippen LogP contribution in [0.5, 0.6) is 0 Å². The minimum absolute atomic E-state index is 0.287. The Labute approximate surface area is 151 Å². The molecule has 0 amide bonds. The van der Waals surface area contributed by atoms with Gasteiger partial charge in [0.2, 0.25) is 0 Å². The monoisotopic (exact) mass is 357 g/mol. The molecule has 2 fully saturated rings. The Hall–Kier alpha value is -0.460.